The average Bonchev–Trinajstić information content (AvgIpc) is 2.98. The SMILES string of the molecule is O=C([C@@H]1CC[C@@H](NCc2ccc(Cl)cc2)C[C@H]1c1ccc(F)cc1)N1CC(c2ccccc2)(c2ccccc2)C1. The summed E-state index contributed by atoms with van der Waals surface area (Å²) in [5.74, 6) is -0.123. The average molecular weight is 553 g/mol. The second-order valence-electron chi connectivity index (χ2n) is 11.3. The van der Waals surface area contributed by atoms with Gasteiger partial charge in [-0.05, 0) is 71.7 Å². The van der Waals surface area contributed by atoms with Gasteiger partial charge < -0.3 is 10.2 Å². The monoisotopic (exact) mass is 552 g/mol. The van der Waals surface area contributed by atoms with E-state index in [1.165, 1.54) is 28.8 Å². The summed E-state index contributed by atoms with van der Waals surface area (Å²) in [5.41, 5.74) is 4.52. The number of nitrogens with one attached hydrogen (secondary N) is 1. The quantitative estimate of drug-likeness (QED) is 0.260. The first kappa shape index (κ1) is 26.7. The van der Waals surface area contributed by atoms with E-state index in [0.29, 0.717) is 13.1 Å². The van der Waals surface area contributed by atoms with Gasteiger partial charge in [-0.15, -0.1) is 0 Å². The number of amides is 1. The molecule has 1 aliphatic carbocycles. The molecule has 2 aliphatic rings. The number of nitrogens with zero attached hydrogens (tertiary/aromatic N) is 1. The lowest BCUT2D eigenvalue weighted by Crippen LogP contribution is -2.63. The molecule has 1 saturated carbocycles. The molecule has 1 heterocycles. The van der Waals surface area contributed by atoms with Gasteiger partial charge in [0.25, 0.3) is 0 Å². The minimum Gasteiger partial charge on any atom is -0.340 e. The van der Waals surface area contributed by atoms with Crippen molar-refractivity contribution in [2.75, 3.05) is 13.1 Å². The Kier molecular flexibility index (Phi) is 7.73. The molecule has 3 nitrogen and oxygen atoms in total. The summed E-state index contributed by atoms with van der Waals surface area (Å²) in [5, 5.41) is 4.43. The van der Waals surface area contributed by atoms with Gasteiger partial charge in [-0.3, -0.25) is 4.79 Å². The van der Waals surface area contributed by atoms with Gasteiger partial charge in [0.2, 0.25) is 5.91 Å². The van der Waals surface area contributed by atoms with Crippen molar-refractivity contribution in [1.29, 1.82) is 0 Å². The van der Waals surface area contributed by atoms with Gasteiger partial charge in [0.15, 0.2) is 0 Å². The van der Waals surface area contributed by atoms with Crippen molar-refractivity contribution >= 4 is 17.5 Å². The third-order valence-electron chi connectivity index (χ3n) is 8.86. The molecule has 2 fully saturated rings. The number of benzene rings is 4. The molecule has 0 bridgehead atoms. The fraction of sp³-hybridized carbons (Fsp3) is 0.286. The van der Waals surface area contributed by atoms with Crippen LogP contribution in [-0.2, 0) is 16.8 Å². The van der Waals surface area contributed by atoms with E-state index in [1.807, 2.05) is 53.4 Å². The maximum Gasteiger partial charge on any atom is 0.226 e. The number of halogens is 2. The van der Waals surface area contributed by atoms with Crippen molar-refractivity contribution in [3.05, 3.63) is 142 Å². The topological polar surface area (TPSA) is 32.3 Å². The lowest BCUT2D eigenvalue weighted by atomic mass is 9.67. The van der Waals surface area contributed by atoms with Crippen molar-refractivity contribution < 1.29 is 9.18 Å². The first-order valence-electron chi connectivity index (χ1n) is 14.1. The van der Waals surface area contributed by atoms with Crippen molar-refractivity contribution in [3.63, 3.8) is 0 Å². The highest BCUT2D eigenvalue weighted by Crippen LogP contribution is 2.45. The summed E-state index contributed by atoms with van der Waals surface area (Å²) in [6.07, 6.45) is 2.57. The summed E-state index contributed by atoms with van der Waals surface area (Å²) < 4.78 is 13.8. The Bertz CT molecular complexity index is 1380. The molecule has 1 aliphatic heterocycles. The van der Waals surface area contributed by atoms with Crippen molar-refractivity contribution in [2.45, 2.75) is 43.2 Å². The molecule has 1 saturated heterocycles. The minimum absolute atomic E-state index is 0.0352. The summed E-state index contributed by atoms with van der Waals surface area (Å²) in [7, 11) is 0. The number of likely N-dealkylation sites (tertiary alicyclic amines) is 1. The Morgan fingerprint density at radius 1 is 0.825 bits per heavy atom. The van der Waals surface area contributed by atoms with Crippen LogP contribution in [0.2, 0.25) is 5.02 Å². The van der Waals surface area contributed by atoms with Crippen LogP contribution in [0.1, 0.15) is 47.4 Å². The fourth-order valence-electron chi connectivity index (χ4n) is 6.64. The highest BCUT2D eigenvalue weighted by atomic mass is 35.5. The van der Waals surface area contributed by atoms with Crippen LogP contribution in [-0.4, -0.2) is 29.9 Å². The molecule has 204 valence electrons. The first-order valence-corrected chi connectivity index (χ1v) is 14.5. The Morgan fingerprint density at radius 2 is 1.43 bits per heavy atom. The second-order valence-corrected chi connectivity index (χ2v) is 11.7. The number of carbonyl (C=O) groups is 1. The normalized spacial score (nSPS) is 21.9. The van der Waals surface area contributed by atoms with Crippen LogP contribution in [0.15, 0.2) is 109 Å². The van der Waals surface area contributed by atoms with E-state index in [4.69, 9.17) is 11.6 Å². The van der Waals surface area contributed by atoms with Crippen LogP contribution in [0.4, 0.5) is 4.39 Å². The standard InChI is InChI=1S/C35H34ClFN2O/c36-29-15-11-25(12-16-29)22-38-31-19-20-32(33(21-31)26-13-17-30(37)18-14-26)34(40)39-23-35(24-39,27-7-3-1-4-8-27)28-9-5-2-6-10-28/h1-18,31-33,38H,19-24H2/t31-,32-,33+/m1/s1. The summed E-state index contributed by atoms with van der Waals surface area (Å²) >= 11 is 6.05. The second kappa shape index (κ2) is 11.6. The van der Waals surface area contributed by atoms with E-state index in [2.05, 4.69) is 53.8 Å². The Labute approximate surface area is 241 Å². The van der Waals surface area contributed by atoms with Gasteiger partial charge in [-0.1, -0.05) is 96.5 Å². The lowest BCUT2D eigenvalue weighted by Gasteiger charge is -2.53. The number of hydrogen-bond donors (Lipinski definition) is 1. The van der Waals surface area contributed by atoms with Gasteiger partial charge in [-0.2, -0.15) is 0 Å². The van der Waals surface area contributed by atoms with Crippen LogP contribution >= 0.6 is 11.6 Å². The molecular formula is C35H34ClFN2O. The van der Waals surface area contributed by atoms with E-state index < -0.39 is 0 Å². The molecule has 40 heavy (non-hydrogen) atoms. The van der Waals surface area contributed by atoms with Gasteiger partial charge >= 0.3 is 0 Å². The molecule has 4 aromatic rings. The molecular weight excluding hydrogens is 519 g/mol. The number of carbonyl (C=O) groups excluding carboxylic acids is 1. The smallest absolute Gasteiger partial charge is 0.226 e. The third kappa shape index (κ3) is 5.43. The van der Waals surface area contributed by atoms with Gasteiger partial charge in [-0.25, -0.2) is 4.39 Å². The highest BCUT2D eigenvalue weighted by Gasteiger charge is 2.50. The molecule has 3 atom stereocenters. The van der Waals surface area contributed by atoms with E-state index in [0.717, 1.165) is 36.4 Å². The fourth-order valence-corrected chi connectivity index (χ4v) is 6.76. The minimum atomic E-state index is -0.252. The molecule has 0 spiro atoms. The van der Waals surface area contributed by atoms with E-state index in [1.54, 1.807) is 0 Å². The van der Waals surface area contributed by atoms with Crippen LogP contribution in [0.5, 0.6) is 0 Å². The van der Waals surface area contributed by atoms with Crippen molar-refractivity contribution in [1.82, 2.24) is 10.2 Å². The summed E-state index contributed by atoms with van der Waals surface area (Å²) in [6.45, 7) is 2.09. The predicted molar refractivity (Wildman–Crippen MR) is 159 cm³/mol. The summed E-state index contributed by atoms with van der Waals surface area (Å²) in [6, 6.07) is 36.0. The number of hydrogen-bond acceptors (Lipinski definition) is 2. The van der Waals surface area contributed by atoms with Gasteiger partial charge in [0, 0.05) is 36.6 Å². The third-order valence-corrected chi connectivity index (χ3v) is 9.11. The molecule has 0 unspecified atom stereocenters. The zero-order valence-corrected chi connectivity index (χ0v) is 23.2. The predicted octanol–water partition coefficient (Wildman–Crippen LogP) is 7.35. The Morgan fingerprint density at radius 3 is 2.02 bits per heavy atom. The molecule has 1 amide bonds. The van der Waals surface area contributed by atoms with Gasteiger partial charge in [0.05, 0.1) is 5.41 Å². The largest absolute Gasteiger partial charge is 0.340 e. The van der Waals surface area contributed by atoms with Crippen LogP contribution in [0.25, 0.3) is 0 Å². The van der Waals surface area contributed by atoms with Crippen LogP contribution in [0, 0.1) is 11.7 Å². The Balaban J connectivity index is 1.20. The van der Waals surface area contributed by atoms with E-state index in [-0.39, 0.29) is 35.0 Å². The van der Waals surface area contributed by atoms with Crippen LogP contribution < -0.4 is 5.32 Å². The zero-order chi connectivity index (χ0) is 27.5. The highest BCUT2D eigenvalue weighted by molar-refractivity contribution is 6.30. The molecule has 0 aromatic heterocycles. The molecule has 1 N–H and O–H groups in total. The molecule has 5 heteroatoms. The Hall–Kier alpha value is -3.47. The van der Waals surface area contributed by atoms with Gasteiger partial charge in [0.1, 0.15) is 5.82 Å². The van der Waals surface area contributed by atoms with E-state index in [9.17, 15) is 9.18 Å². The summed E-state index contributed by atoms with van der Waals surface area (Å²) in [4.78, 5) is 16.2. The maximum atomic E-state index is 14.1. The maximum absolute atomic E-state index is 14.1. The zero-order valence-electron chi connectivity index (χ0n) is 22.5. The molecule has 0 radical (unpaired) electrons. The van der Waals surface area contributed by atoms with Crippen molar-refractivity contribution in [3.8, 4) is 0 Å². The molecule has 6 rings (SSSR count). The number of rotatable bonds is 7. The van der Waals surface area contributed by atoms with E-state index >= 15 is 0 Å². The lowest BCUT2D eigenvalue weighted by molar-refractivity contribution is -0.144. The van der Waals surface area contributed by atoms with Crippen molar-refractivity contribution in [2.24, 2.45) is 5.92 Å². The van der Waals surface area contributed by atoms with Crippen LogP contribution in [0.3, 0.4) is 0 Å². The molecule has 4 aromatic carbocycles. The first-order chi connectivity index (χ1) is 19.5.